The maximum atomic E-state index is 12.2. The lowest BCUT2D eigenvalue weighted by Gasteiger charge is -2.02. The van der Waals surface area contributed by atoms with Crippen LogP contribution in [0.3, 0.4) is 0 Å². The van der Waals surface area contributed by atoms with Crippen molar-refractivity contribution in [2.75, 3.05) is 16.8 Å². The molecule has 0 aliphatic carbocycles. The Labute approximate surface area is 155 Å². The minimum atomic E-state index is -3.25. The van der Waals surface area contributed by atoms with E-state index < -0.39 is 9.84 Å². The molecule has 2 aromatic carbocycles. The molecule has 0 unspecified atom stereocenters. The minimum absolute atomic E-state index is 0.0774. The number of thioether (sulfide) groups is 1. The molecule has 8 heteroatoms. The van der Waals surface area contributed by atoms with Gasteiger partial charge in [0.2, 0.25) is 5.13 Å². The van der Waals surface area contributed by atoms with Gasteiger partial charge in [-0.05, 0) is 17.7 Å². The molecule has 0 atom stereocenters. The van der Waals surface area contributed by atoms with Gasteiger partial charge in [-0.15, -0.1) is 10.2 Å². The van der Waals surface area contributed by atoms with Crippen molar-refractivity contribution in [3.05, 3.63) is 66.2 Å². The van der Waals surface area contributed by atoms with Crippen LogP contribution in [0.2, 0.25) is 0 Å². The second-order valence-electron chi connectivity index (χ2n) is 5.19. The van der Waals surface area contributed by atoms with Crippen molar-refractivity contribution >= 4 is 38.1 Å². The number of aromatic nitrogens is 2. The minimum Gasteiger partial charge on any atom is -0.356 e. The molecule has 1 aromatic heterocycles. The summed E-state index contributed by atoms with van der Waals surface area (Å²) in [6.07, 6.45) is 0. The Bertz CT molecular complexity index is 897. The molecule has 1 N–H and O–H groups in total. The lowest BCUT2D eigenvalue weighted by atomic mass is 10.2. The van der Waals surface area contributed by atoms with E-state index in [1.165, 1.54) is 28.7 Å². The zero-order valence-corrected chi connectivity index (χ0v) is 15.8. The SMILES string of the molecule is O=S(=O)(CCSc1nnc(NCc2ccccc2)s1)c1ccccc1. The molecule has 0 aliphatic rings. The Morgan fingerprint density at radius 3 is 2.36 bits per heavy atom. The van der Waals surface area contributed by atoms with Gasteiger partial charge in [-0.2, -0.15) is 0 Å². The maximum absolute atomic E-state index is 12.2. The topological polar surface area (TPSA) is 72.0 Å². The molecule has 0 saturated heterocycles. The van der Waals surface area contributed by atoms with E-state index in [0.29, 0.717) is 17.2 Å². The van der Waals surface area contributed by atoms with Crippen LogP contribution >= 0.6 is 23.1 Å². The van der Waals surface area contributed by atoms with Gasteiger partial charge in [0.25, 0.3) is 0 Å². The molecule has 3 rings (SSSR count). The van der Waals surface area contributed by atoms with Crippen molar-refractivity contribution < 1.29 is 8.42 Å². The summed E-state index contributed by atoms with van der Waals surface area (Å²) in [6, 6.07) is 18.6. The van der Waals surface area contributed by atoms with Crippen molar-refractivity contribution in [2.24, 2.45) is 0 Å². The number of hydrogen-bond donors (Lipinski definition) is 1. The van der Waals surface area contributed by atoms with Crippen LogP contribution in [0.15, 0.2) is 69.9 Å². The predicted molar refractivity (Wildman–Crippen MR) is 103 cm³/mol. The largest absolute Gasteiger partial charge is 0.356 e. The third kappa shape index (κ3) is 5.29. The van der Waals surface area contributed by atoms with Gasteiger partial charge >= 0.3 is 0 Å². The first kappa shape index (κ1) is 17.9. The third-order valence-corrected chi connectivity index (χ3v) is 7.38. The molecule has 3 aromatic rings. The summed E-state index contributed by atoms with van der Waals surface area (Å²) in [7, 11) is -3.25. The molecule has 25 heavy (non-hydrogen) atoms. The summed E-state index contributed by atoms with van der Waals surface area (Å²) < 4.78 is 25.2. The van der Waals surface area contributed by atoms with Crippen molar-refractivity contribution in [3.8, 4) is 0 Å². The Hall–Kier alpha value is -1.90. The summed E-state index contributed by atoms with van der Waals surface area (Å²) in [5, 5.41) is 12.1. The Morgan fingerprint density at radius 1 is 0.960 bits per heavy atom. The van der Waals surface area contributed by atoms with Crippen LogP contribution in [0.1, 0.15) is 5.56 Å². The Kier molecular flexibility index (Phi) is 6.06. The molecular weight excluding hydrogens is 374 g/mol. The van der Waals surface area contributed by atoms with E-state index in [9.17, 15) is 8.42 Å². The smallest absolute Gasteiger partial charge is 0.206 e. The Balaban J connectivity index is 1.49. The highest BCUT2D eigenvalue weighted by atomic mass is 32.2. The van der Waals surface area contributed by atoms with Crippen LogP contribution in [0.4, 0.5) is 5.13 Å². The zero-order valence-electron chi connectivity index (χ0n) is 13.3. The molecule has 0 saturated carbocycles. The second-order valence-corrected chi connectivity index (χ2v) is 9.62. The fourth-order valence-corrected chi connectivity index (χ4v) is 5.58. The number of hydrogen-bond acceptors (Lipinski definition) is 7. The fraction of sp³-hybridized carbons (Fsp3) is 0.176. The lowest BCUT2D eigenvalue weighted by molar-refractivity contribution is 0.597. The monoisotopic (exact) mass is 391 g/mol. The first-order valence-electron chi connectivity index (χ1n) is 7.65. The molecule has 130 valence electrons. The van der Waals surface area contributed by atoms with E-state index in [1.807, 2.05) is 30.3 Å². The van der Waals surface area contributed by atoms with E-state index in [4.69, 9.17) is 0 Å². The van der Waals surface area contributed by atoms with Gasteiger partial charge in [0.15, 0.2) is 14.2 Å². The van der Waals surface area contributed by atoms with Crippen molar-refractivity contribution in [1.82, 2.24) is 10.2 Å². The molecule has 0 aliphatic heterocycles. The molecule has 0 bridgehead atoms. The van der Waals surface area contributed by atoms with Gasteiger partial charge in [-0.3, -0.25) is 0 Å². The van der Waals surface area contributed by atoms with Gasteiger partial charge < -0.3 is 5.32 Å². The molecule has 5 nitrogen and oxygen atoms in total. The quantitative estimate of drug-likeness (QED) is 0.590. The third-order valence-electron chi connectivity index (χ3n) is 3.37. The Morgan fingerprint density at radius 2 is 1.64 bits per heavy atom. The summed E-state index contributed by atoms with van der Waals surface area (Å²) >= 11 is 2.84. The highest BCUT2D eigenvalue weighted by molar-refractivity contribution is 8.02. The molecule has 0 spiro atoms. The van der Waals surface area contributed by atoms with Gasteiger partial charge in [-0.25, -0.2) is 8.42 Å². The van der Waals surface area contributed by atoms with Crippen LogP contribution < -0.4 is 5.32 Å². The first-order valence-corrected chi connectivity index (χ1v) is 11.1. The van der Waals surface area contributed by atoms with Crippen LogP contribution in [-0.4, -0.2) is 30.1 Å². The number of rotatable bonds is 8. The van der Waals surface area contributed by atoms with Crippen molar-refractivity contribution in [2.45, 2.75) is 15.8 Å². The van der Waals surface area contributed by atoms with Gasteiger partial charge in [-0.1, -0.05) is 71.6 Å². The molecule has 1 heterocycles. The van der Waals surface area contributed by atoms with Crippen LogP contribution in [0, 0.1) is 0 Å². The molecule has 0 radical (unpaired) electrons. The zero-order chi connectivity index (χ0) is 17.5. The highest BCUT2D eigenvalue weighted by Gasteiger charge is 2.14. The van der Waals surface area contributed by atoms with E-state index in [0.717, 1.165) is 9.47 Å². The molecular formula is C17H17N3O2S3. The van der Waals surface area contributed by atoms with Crippen LogP contribution in [0.5, 0.6) is 0 Å². The maximum Gasteiger partial charge on any atom is 0.206 e. The number of anilines is 1. The summed E-state index contributed by atoms with van der Waals surface area (Å²) in [4.78, 5) is 0.359. The van der Waals surface area contributed by atoms with Crippen LogP contribution in [-0.2, 0) is 16.4 Å². The van der Waals surface area contributed by atoms with E-state index >= 15 is 0 Å². The summed E-state index contributed by atoms with van der Waals surface area (Å²) in [6.45, 7) is 0.683. The van der Waals surface area contributed by atoms with Crippen molar-refractivity contribution in [3.63, 3.8) is 0 Å². The molecule has 0 fully saturated rings. The lowest BCUT2D eigenvalue weighted by Crippen LogP contribution is -2.08. The number of sulfone groups is 1. The number of benzene rings is 2. The van der Waals surface area contributed by atoms with E-state index in [2.05, 4.69) is 15.5 Å². The normalized spacial score (nSPS) is 11.4. The number of nitrogens with one attached hydrogen (secondary N) is 1. The first-order chi connectivity index (χ1) is 12.1. The van der Waals surface area contributed by atoms with Gasteiger partial charge in [0, 0.05) is 12.3 Å². The average Bonchev–Trinajstić information content (AvgIpc) is 3.09. The number of nitrogens with zero attached hydrogens (tertiary/aromatic N) is 2. The van der Waals surface area contributed by atoms with Crippen molar-refractivity contribution in [1.29, 1.82) is 0 Å². The van der Waals surface area contributed by atoms with E-state index in [1.54, 1.807) is 30.3 Å². The molecule has 0 amide bonds. The predicted octanol–water partition coefficient (Wildman–Crippen LogP) is 3.72. The fourth-order valence-electron chi connectivity index (χ4n) is 2.10. The van der Waals surface area contributed by atoms with Crippen LogP contribution in [0.25, 0.3) is 0 Å². The highest BCUT2D eigenvalue weighted by Crippen LogP contribution is 2.26. The average molecular weight is 392 g/mol. The second kappa shape index (κ2) is 8.46. The summed E-state index contributed by atoms with van der Waals surface area (Å²) in [5.74, 6) is 0.526. The van der Waals surface area contributed by atoms with E-state index in [-0.39, 0.29) is 5.75 Å². The standard InChI is InChI=1S/C17H17N3O2S3/c21-25(22,15-9-5-2-6-10-15)12-11-23-17-20-19-16(24-17)18-13-14-7-3-1-4-8-14/h1-10H,11-13H2,(H,18,19). The summed E-state index contributed by atoms with van der Waals surface area (Å²) in [5.41, 5.74) is 1.17. The van der Waals surface area contributed by atoms with Gasteiger partial charge in [0.05, 0.1) is 10.6 Å². The van der Waals surface area contributed by atoms with Gasteiger partial charge in [0.1, 0.15) is 0 Å².